The monoisotopic (exact) mass is 418 g/mol. The molecular weight excluding hydrogens is 396 g/mol. The fourth-order valence-electron chi connectivity index (χ4n) is 3.22. The van der Waals surface area contributed by atoms with Gasteiger partial charge in [-0.2, -0.15) is 5.10 Å². The Labute approximate surface area is 178 Å². The first kappa shape index (κ1) is 19.9. The summed E-state index contributed by atoms with van der Waals surface area (Å²) in [7, 11) is 0. The standard InChI is InChI=1S/C22H22N6OS/c1-15(2)20-17(21(29)24-10-7-16-5-3-9-23-13-16)14-26-28(20)22-25-11-8-18(27-22)19-6-4-12-30-19/h3-6,8-9,11-15H,7,10H2,1-2H3,(H,24,29). The number of thiophene rings is 1. The van der Waals surface area contributed by atoms with Crippen molar-refractivity contribution in [3.63, 3.8) is 0 Å². The van der Waals surface area contributed by atoms with E-state index in [1.165, 1.54) is 0 Å². The quantitative estimate of drug-likeness (QED) is 0.492. The van der Waals surface area contributed by atoms with Crippen molar-refractivity contribution < 1.29 is 4.79 Å². The minimum Gasteiger partial charge on any atom is -0.352 e. The van der Waals surface area contributed by atoms with Gasteiger partial charge in [-0.3, -0.25) is 9.78 Å². The van der Waals surface area contributed by atoms with Gasteiger partial charge in [-0.15, -0.1) is 11.3 Å². The molecule has 4 rings (SSSR count). The second kappa shape index (κ2) is 8.96. The van der Waals surface area contributed by atoms with Gasteiger partial charge >= 0.3 is 0 Å². The molecule has 0 radical (unpaired) electrons. The van der Waals surface area contributed by atoms with Crippen molar-refractivity contribution in [1.82, 2.24) is 30.0 Å². The zero-order valence-electron chi connectivity index (χ0n) is 16.8. The van der Waals surface area contributed by atoms with Crippen LogP contribution >= 0.6 is 11.3 Å². The Balaban J connectivity index is 1.56. The van der Waals surface area contributed by atoms with E-state index in [4.69, 9.17) is 0 Å². The van der Waals surface area contributed by atoms with E-state index in [-0.39, 0.29) is 11.8 Å². The number of pyridine rings is 1. The predicted molar refractivity (Wildman–Crippen MR) is 117 cm³/mol. The minimum atomic E-state index is -0.150. The third-order valence-corrected chi connectivity index (χ3v) is 5.52. The lowest BCUT2D eigenvalue weighted by Crippen LogP contribution is -2.27. The molecule has 1 amide bonds. The van der Waals surface area contributed by atoms with E-state index in [0.29, 0.717) is 18.1 Å². The molecule has 0 aliphatic carbocycles. The van der Waals surface area contributed by atoms with Gasteiger partial charge in [-0.25, -0.2) is 14.6 Å². The summed E-state index contributed by atoms with van der Waals surface area (Å²) in [4.78, 5) is 27.1. The Morgan fingerprint density at radius 3 is 2.80 bits per heavy atom. The van der Waals surface area contributed by atoms with Crippen LogP contribution in [0.1, 0.15) is 41.4 Å². The highest BCUT2D eigenvalue weighted by Gasteiger charge is 2.22. The lowest BCUT2D eigenvalue weighted by atomic mass is 10.1. The van der Waals surface area contributed by atoms with Crippen molar-refractivity contribution in [1.29, 1.82) is 0 Å². The summed E-state index contributed by atoms with van der Waals surface area (Å²) in [5, 5.41) is 9.44. The number of nitrogens with zero attached hydrogens (tertiary/aromatic N) is 5. The number of amides is 1. The molecule has 0 spiro atoms. The number of rotatable bonds is 7. The Hall–Kier alpha value is -3.39. The Kier molecular flexibility index (Phi) is 5.94. The normalized spacial score (nSPS) is 11.0. The largest absolute Gasteiger partial charge is 0.352 e. The highest BCUT2D eigenvalue weighted by molar-refractivity contribution is 7.13. The van der Waals surface area contributed by atoms with Gasteiger partial charge in [0.25, 0.3) is 11.9 Å². The zero-order chi connectivity index (χ0) is 20.9. The maximum Gasteiger partial charge on any atom is 0.254 e. The summed E-state index contributed by atoms with van der Waals surface area (Å²) in [6.45, 7) is 4.59. The number of nitrogens with one attached hydrogen (secondary N) is 1. The van der Waals surface area contributed by atoms with Crippen LogP contribution in [0.2, 0.25) is 0 Å². The summed E-state index contributed by atoms with van der Waals surface area (Å²) < 4.78 is 1.66. The first-order chi connectivity index (χ1) is 14.6. The van der Waals surface area contributed by atoms with Crippen LogP contribution in [-0.4, -0.2) is 37.2 Å². The summed E-state index contributed by atoms with van der Waals surface area (Å²) in [6, 6.07) is 9.77. The van der Waals surface area contributed by atoms with E-state index in [1.54, 1.807) is 34.6 Å². The molecule has 0 bridgehead atoms. The van der Waals surface area contributed by atoms with E-state index < -0.39 is 0 Å². The molecule has 0 fully saturated rings. The minimum absolute atomic E-state index is 0.0700. The number of carbonyl (C=O) groups is 1. The van der Waals surface area contributed by atoms with Gasteiger partial charge in [0.2, 0.25) is 0 Å². The molecule has 0 aliphatic heterocycles. The molecule has 0 atom stereocenters. The molecule has 152 valence electrons. The molecule has 4 aromatic rings. The molecule has 0 saturated heterocycles. The zero-order valence-corrected chi connectivity index (χ0v) is 17.6. The lowest BCUT2D eigenvalue weighted by molar-refractivity contribution is 0.0952. The second-order valence-electron chi connectivity index (χ2n) is 7.10. The molecule has 1 N–H and O–H groups in total. The van der Waals surface area contributed by atoms with E-state index in [0.717, 1.165) is 28.2 Å². The van der Waals surface area contributed by atoms with Crippen molar-refractivity contribution in [3.05, 3.63) is 77.3 Å². The predicted octanol–water partition coefficient (Wildman–Crippen LogP) is 3.88. The van der Waals surface area contributed by atoms with Crippen molar-refractivity contribution in [2.45, 2.75) is 26.2 Å². The number of hydrogen-bond acceptors (Lipinski definition) is 6. The van der Waals surface area contributed by atoms with Crippen LogP contribution in [0.5, 0.6) is 0 Å². The summed E-state index contributed by atoms with van der Waals surface area (Å²) in [5.41, 5.74) is 3.25. The van der Waals surface area contributed by atoms with Crippen LogP contribution in [0.3, 0.4) is 0 Å². The second-order valence-corrected chi connectivity index (χ2v) is 8.04. The van der Waals surface area contributed by atoms with Gasteiger partial charge in [-0.05, 0) is 41.5 Å². The molecule has 30 heavy (non-hydrogen) atoms. The highest BCUT2D eigenvalue weighted by Crippen LogP contribution is 2.25. The van der Waals surface area contributed by atoms with Gasteiger partial charge in [0, 0.05) is 25.1 Å². The molecule has 4 aromatic heterocycles. The molecule has 0 unspecified atom stereocenters. The molecular formula is C22H22N6OS. The number of hydrogen-bond donors (Lipinski definition) is 1. The van der Waals surface area contributed by atoms with Gasteiger partial charge in [0.05, 0.1) is 28.0 Å². The van der Waals surface area contributed by atoms with Crippen molar-refractivity contribution in [2.24, 2.45) is 0 Å². The third kappa shape index (κ3) is 4.28. The van der Waals surface area contributed by atoms with E-state index in [1.807, 2.05) is 55.8 Å². The fraction of sp³-hybridized carbons (Fsp3) is 0.227. The topological polar surface area (TPSA) is 85.6 Å². The first-order valence-corrected chi connectivity index (χ1v) is 10.6. The Morgan fingerprint density at radius 2 is 2.07 bits per heavy atom. The lowest BCUT2D eigenvalue weighted by Gasteiger charge is -2.12. The van der Waals surface area contributed by atoms with Gasteiger partial charge in [0.1, 0.15) is 0 Å². The van der Waals surface area contributed by atoms with Gasteiger partial charge in [-0.1, -0.05) is 26.0 Å². The molecule has 0 aromatic carbocycles. The smallest absolute Gasteiger partial charge is 0.254 e. The maximum absolute atomic E-state index is 12.8. The summed E-state index contributed by atoms with van der Waals surface area (Å²) >= 11 is 1.62. The maximum atomic E-state index is 12.8. The third-order valence-electron chi connectivity index (χ3n) is 4.63. The van der Waals surface area contributed by atoms with Crippen LogP contribution in [0, 0.1) is 0 Å². The molecule has 8 heteroatoms. The Bertz CT molecular complexity index is 1120. The van der Waals surface area contributed by atoms with Crippen LogP contribution in [0.25, 0.3) is 16.5 Å². The van der Waals surface area contributed by atoms with Crippen LogP contribution in [-0.2, 0) is 6.42 Å². The van der Waals surface area contributed by atoms with Crippen molar-refractivity contribution in [3.8, 4) is 16.5 Å². The van der Waals surface area contributed by atoms with Gasteiger partial charge in [0.15, 0.2) is 0 Å². The number of aromatic nitrogens is 5. The summed E-state index contributed by atoms with van der Waals surface area (Å²) in [5.74, 6) is 0.378. The van der Waals surface area contributed by atoms with Crippen LogP contribution in [0.15, 0.2) is 60.5 Å². The van der Waals surface area contributed by atoms with E-state index in [9.17, 15) is 4.79 Å². The van der Waals surface area contributed by atoms with Crippen molar-refractivity contribution >= 4 is 17.2 Å². The van der Waals surface area contributed by atoms with Crippen molar-refractivity contribution in [2.75, 3.05) is 6.54 Å². The molecule has 4 heterocycles. The highest BCUT2D eigenvalue weighted by atomic mass is 32.1. The fourth-order valence-corrected chi connectivity index (χ4v) is 3.92. The Morgan fingerprint density at radius 1 is 1.17 bits per heavy atom. The average molecular weight is 419 g/mol. The SMILES string of the molecule is CC(C)c1c(C(=O)NCCc2cccnc2)cnn1-c1nccc(-c2cccs2)n1. The molecule has 0 saturated carbocycles. The van der Waals surface area contributed by atoms with Crippen LogP contribution < -0.4 is 5.32 Å². The molecule has 7 nitrogen and oxygen atoms in total. The molecule has 0 aliphatic rings. The van der Waals surface area contributed by atoms with E-state index >= 15 is 0 Å². The summed E-state index contributed by atoms with van der Waals surface area (Å²) in [6.07, 6.45) is 7.58. The van der Waals surface area contributed by atoms with Crippen LogP contribution in [0.4, 0.5) is 0 Å². The number of carbonyl (C=O) groups excluding carboxylic acids is 1. The average Bonchev–Trinajstić information content (AvgIpc) is 3.45. The van der Waals surface area contributed by atoms with Gasteiger partial charge < -0.3 is 5.32 Å². The first-order valence-electron chi connectivity index (χ1n) is 9.76. The van der Waals surface area contributed by atoms with E-state index in [2.05, 4.69) is 25.4 Å².